The van der Waals surface area contributed by atoms with E-state index < -0.39 is 30.2 Å². The second-order valence-corrected chi connectivity index (χ2v) is 5.57. The highest BCUT2D eigenvalue weighted by Gasteiger charge is 2.25. The number of carbonyl (C=O) groups excluding carboxylic acids is 3. The molecule has 114 valence electrons. The van der Waals surface area contributed by atoms with Crippen LogP contribution in [0.3, 0.4) is 0 Å². The van der Waals surface area contributed by atoms with E-state index in [0.29, 0.717) is 5.00 Å². The van der Waals surface area contributed by atoms with Gasteiger partial charge in [0.1, 0.15) is 11.0 Å². The van der Waals surface area contributed by atoms with Crippen LogP contribution >= 0.6 is 11.3 Å². The maximum Gasteiger partial charge on any atom is 0.326 e. The summed E-state index contributed by atoms with van der Waals surface area (Å²) in [5, 5.41) is 14.0. The van der Waals surface area contributed by atoms with Gasteiger partial charge in [0.25, 0.3) is 5.91 Å². The number of primary amides is 1. The molecule has 3 amide bonds. The van der Waals surface area contributed by atoms with Gasteiger partial charge in [0.05, 0.1) is 12.0 Å². The molecule has 1 atom stereocenters. The Morgan fingerprint density at radius 3 is 2.48 bits per heavy atom. The van der Waals surface area contributed by atoms with Crippen molar-refractivity contribution in [3.8, 4) is 0 Å². The minimum Gasteiger partial charge on any atom is -0.480 e. The number of thiophene rings is 1. The summed E-state index contributed by atoms with van der Waals surface area (Å²) in [6, 6.07) is 0.106. The van der Waals surface area contributed by atoms with E-state index in [2.05, 4.69) is 10.6 Å². The predicted octanol–water partition coefficient (Wildman–Crippen LogP) is 0.0733. The Hall–Kier alpha value is -2.42. The molecular weight excluding hydrogens is 298 g/mol. The predicted molar refractivity (Wildman–Crippen MR) is 76.1 cm³/mol. The normalized spacial score (nSPS) is 11.5. The van der Waals surface area contributed by atoms with Gasteiger partial charge in [-0.3, -0.25) is 14.4 Å². The summed E-state index contributed by atoms with van der Waals surface area (Å²) in [5.74, 6) is -3.25. The number of hydrogen-bond acceptors (Lipinski definition) is 5. The summed E-state index contributed by atoms with van der Waals surface area (Å²) >= 11 is 1.19. The van der Waals surface area contributed by atoms with Crippen LogP contribution in [0.5, 0.6) is 0 Å². The quantitative estimate of drug-likeness (QED) is 0.589. The lowest BCUT2D eigenvalue weighted by Crippen LogP contribution is -2.43. The molecule has 0 aliphatic carbocycles. The molecule has 1 aromatic heterocycles. The average molecular weight is 313 g/mol. The van der Waals surface area contributed by atoms with E-state index >= 15 is 0 Å². The van der Waals surface area contributed by atoms with Crippen LogP contribution in [0.4, 0.5) is 5.00 Å². The lowest BCUT2D eigenvalue weighted by Gasteiger charge is -2.13. The summed E-state index contributed by atoms with van der Waals surface area (Å²) in [4.78, 5) is 45.7. The van der Waals surface area contributed by atoms with E-state index in [0.717, 1.165) is 4.88 Å². The number of carbonyl (C=O) groups is 4. The molecule has 5 N–H and O–H groups in total. The highest BCUT2D eigenvalue weighted by atomic mass is 32.1. The fourth-order valence-corrected chi connectivity index (χ4v) is 2.53. The van der Waals surface area contributed by atoms with Crippen molar-refractivity contribution in [3.05, 3.63) is 16.5 Å². The summed E-state index contributed by atoms with van der Waals surface area (Å²) in [6.45, 7) is 3.04. The zero-order chi connectivity index (χ0) is 16.2. The Bertz CT molecular complexity index is 596. The van der Waals surface area contributed by atoms with Crippen molar-refractivity contribution in [1.29, 1.82) is 0 Å². The first-order chi connectivity index (χ1) is 9.70. The standard InChI is InChI=1S/C12H15N3O5S/c1-5-3-7(11(21-5)14-6(2)16)10(18)15-8(12(19)20)4-9(13)17/h3,8H,4H2,1-2H3,(H2,13,17)(H,14,16)(H,15,18)(H,19,20). The van der Waals surface area contributed by atoms with Gasteiger partial charge in [0, 0.05) is 11.8 Å². The zero-order valence-corrected chi connectivity index (χ0v) is 12.2. The van der Waals surface area contributed by atoms with E-state index in [1.165, 1.54) is 24.3 Å². The molecule has 0 aromatic carbocycles. The highest BCUT2D eigenvalue weighted by Crippen LogP contribution is 2.27. The fraction of sp³-hybridized carbons (Fsp3) is 0.333. The number of amides is 3. The van der Waals surface area contributed by atoms with E-state index in [1.54, 1.807) is 6.92 Å². The van der Waals surface area contributed by atoms with Gasteiger partial charge in [-0.1, -0.05) is 0 Å². The molecule has 0 aliphatic heterocycles. The molecule has 0 saturated heterocycles. The van der Waals surface area contributed by atoms with Gasteiger partial charge in [-0.05, 0) is 13.0 Å². The van der Waals surface area contributed by atoms with Crippen molar-refractivity contribution in [1.82, 2.24) is 5.32 Å². The van der Waals surface area contributed by atoms with Gasteiger partial charge in [0.2, 0.25) is 11.8 Å². The average Bonchev–Trinajstić information content (AvgIpc) is 2.67. The number of aliphatic carboxylic acids is 1. The van der Waals surface area contributed by atoms with Crippen molar-refractivity contribution in [2.24, 2.45) is 5.73 Å². The Morgan fingerprint density at radius 1 is 1.38 bits per heavy atom. The van der Waals surface area contributed by atoms with Gasteiger partial charge in [-0.2, -0.15) is 0 Å². The number of carboxylic acids is 1. The maximum absolute atomic E-state index is 12.1. The number of carboxylic acid groups (broad SMARTS) is 1. The lowest BCUT2D eigenvalue weighted by molar-refractivity contribution is -0.140. The van der Waals surface area contributed by atoms with Gasteiger partial charge in [-0.25, -0.2) is 4.79 Å². The van der Waals surface area contributed by atoms with Crippen molar-refractivity contribution < 1.29 is 24.3 Å². The second kappa shape index (κ2) is 6.84. The number of rotatable bonds is 6. The second-order valence-electron chi connectivity index (χ2n) is 4.32. The molecule has 0 radical (unpaired) electrons. The van der Waals surface area contributed by atoms with E-state index in [9.17, 15) is 19.2 Å². The molecule has 0 aliphatic rings. The molecule has 0 saturated carbocycles. The number of nitrogens with one attached hydrogen (secondary N) is 2. The van der Waals surface area contributed by atoms with Crippen LogP contribution in [0.1, 0.15) is 28.6 Å². The van der Waals surface area contributed by atoms with Crippen LogP contribution in [0.2, 0.25) is 0 Å². The van der Waals surface area contributed by atoms with E-state index in [-0.39, 0.29) is 11.5 Å². The topological polar surface area (TPSA) is 139 Å². The highest BCUT2D eigenvalue weighted by molar-refractivity contribution is 7.16. The van der Waals surface area contributed by atoms with Gasteiger partial charge >= 0.3 is 5.97 Å². The SMILES string of the molecule is CC(=O)Nc1sc(C)cc1C(=O)NC(CC(N)=O)C(=O)O. The molecule has 1 aromatic rings. The van der Waals surface area contributed by atoms with Crippen molar-refractivity contribution in [2.45, 2.75) is 26.3 Å². The minimum atomic E-state index is -1.42. The molecule has 0 spiro atoms. The number of aryl methyl sites for hydroxylation is 1. The largest absolute Gasteiger partial charge is 0.480 e. The first kappa shape index (κ1) is 16.6. The maximum atomic E-state index is 12.1. The zero-order valence-electron chi connectivity index (χ0n) is 11.4. The summed E-state index contributed by atoms with van der Waals surface area (Å²) in [5.41, 5.74) is 5.08. The van der Waals surface area contributed by atoms with Crippen molar-refractivity contribution >= 4 is 40.0 Å². The van der Waals surface area contributed by atoms with E-state index in [1.807, 2.05) is 0 Å². The van der Waals surface area contributed by atoms with Crippen molar-refractivity contribution in [2.75, 3.05) is 5.32 Å². The molecule has 1 unspecified atom stereocenters. The summed E-state index contributed by atoms with van der Waals surface area (Å²) < 4.78 is 0. The van der Waals surface area contributed by atoms with Gasteiger partial charge in [0.15, 0.2) is 0 Å². The van der Waals surface area contributed by atoms with Crippen LogP contribution in [-0.2, 0) is 14.4 Å². The third kappa shape index (κ3) is 4.88. The Balaban J connectivity index is 2.94. The molecule has 21 heavy (non-hydrogen) atoms. The third-order valence-corrected chi connectivity index (χ3v) is 3.36. The van der Waals surface area contributed by atoms with Crippen molar-refractivity contribution in [3.63, 3.8) is 0 Å². The molecule has 1 rings (SSSR count). The Labute approximate surface area is 124 Å². The van der Waals surface area contributed by atoms with Crippen LogP contribution in [0.15, 0.2) is 6.07 Å². The van der Waals surface area contributed by atoms with Crippen LogP contribution < -0.4 is 16.4 Å². The minimum absolute atomic E-state index is 0.142. The third-order valence-electron chi connectivity index (χ3n) is 2.40. The van der Waals surface area contributed by atoms with Crippen LogP contribution in [-0.4, -0.2) is 34.8 Å². The molecule has 9 heteroatoms. The fourth-order valence-electron chi connectivity index (χ4n) is 1.57. The number of hydrogen-bond donors (Lipinski definition) is 4. The van der Waals surface area contributed by atoms with E-state index in [4.69, 9.17) is 10.8 Å². The van der Waals surface area contributed by atoms with Crippen LogP contribution in [0, 0.1) is 6.92 Å². The number of anilines is 1. The molecule has 0 fully saturated rings. The van der Waals surface area contributed by atoms with Crippen LogP contribution in [0.25, 0.3) is 0 Å². The smallest absolute Gasteiger partial charge is 0.326 e. The van der Waals surface area contributed by atoms with Gasteiger partial charge < -0.3 is 21.5 Å². The molecule has 8 nitrogen and oxygen atoms in total. The summed E-state index contributed by atoms with van der Waals surface area (Å²) in [7, 11) is 0. The monoisotopic (exact) mass is 313 g/mol. The lowest BCUT2D eigenvalue weighted by atomic mass is 10.1. The molecule has 0 bridgehead atoms. The first-order valence-corrected chi connectivity index (χ1v) is 6.72. The summed E-state index contributed by atoms with van der Waals surface area (Å²) in [6.07, 6.45) is -0.514. The Kier molecular flexibility index (Phi) is 5.42. The molecular formula is C12H15N3O5S. The van der Waals surface area contributed by atoms with Gasteiger partial charge in [-0.15, -0.1) is 11.3 Å². The molecule has 1 heterocycles. The Morgan fingerprint density at radius 2 is 2.00 bits per heavy atom. The number of nitrogens with two attached hydrogens (primary N) is 1. The first-order valence-electron chi connectivity index (χ1n) is 5.90.